The highest BCUT2D eigenvalue weighted by Crippen LogP contribution is 2.38. The summed E-state index contributed by atoms with van der Waals surface area (Å²) in [4.78, 5) is 57.8. The molecule has 0 radical (unpaired) electrons. The number of carbonyl (C=O) groups excluding carboxylic acids is 3. The molecule has 1 unspecified atom stereocenters. The van der Waals surface area contributed by atoms with Crippen LogP contribution in [-0.4, -0.2) is 82.4 Å². The van der Waals surface area contributed by atoms with Crippen molar-refractivity contribution in [1.82, 2.24) is 9.80 Å². The van der Waals surface area contributed by atoms with Crippen molar-refractivity contribution in [3.05, 3.63) is 15.8 Å². The number of nitrogens with zero attached hydrogens (tertiary/aromatic N) is 3. The predicted octanol–water partition coefficient (Wildman–Crippen LogP) is 5.98. The van der Waals surface area contributed by atoms with Crippen LogP contribution >= 0.6 is 11.3 Å². The summed E-state index contributed by atoms with van der Waals surface area (Å²) in [6, 6.07) is 1.32. The van der Waals surface area contributed by atoms with Crippen LogP contribution < -0.4 is 4.90 Å². The normalized spacial score (nSPS) is 25.6. The number of carbonyl (C=O) groups is 4. The van der Waals surface area contributed by atoms with E-state index < -0.39 is 35.4 Å². The third-order valence-corrected chi connectivity index (χ3v) is 9.39. The quantitative estimate of drug-likeness (QED) is 0.405. The Labute approximate surface area is 258 Å². The molecular weight excluding hydrogens is 570 g/mol. The summed E-state index contributed by atoms with van der Waals surface area (Å²) in [5.74, 6) is 5.19. The molecule has 2 atom stereocenters. The molecular formula is C32H45N3O7S. The van der Waals surface area contributed by atoms with Crippen molar-refractivity contribution in [2.75, 3.05) is 31.1 Å². The Bertz CT molecular complexity index is 1280. The fourth-order valence-corrected chi connectivity index (χ4v) is 6.91. The van der Waals surface area contributed by atoms with Gasteiger partial charge in [0.05, 0.1) is 23.2 Å². The molecule has 0 bridgehead atoms. The van der Waals surface area contributed by atoms with Gasteiger partial charge in [-0.3, -0.25) is 4.79 Å². The molecule has 1 saturated carbocycles. The van der Waals surface area contributed by atoms with Gasteiger partial charge in [-0.15, -0.1) is 11.3 Å². The zero-order chi connectivity index (χ0) is 31.5. The minimum absolute atomic E-state index is 0.0830. The standard InChI is InChI=1S/C32H45N3O7S/c1-7-8-9-24-18-25(26(43-24)28(37)38)35(27(36)22-12-10-21(2)11-13-22)23-14-16-33(19-23)29(39)42-32(6)15-17-34(20-32)30(40)41-31(3,4)5/h18,21-23H,7,10-17,19-20H2,1-6H3,(H,37,38)/t21-,22-,23-,32?/m0/s1. The number of anilines is 1. The smallest absolute Gasteiger partial charge is 0.410 e. The van der Waals surface area contributed by atoms with Gasteiger partial charge in [0.25, 0.3) is 0 Å². The van der Waals surface area contributed by atoms with Gasteiger partial charge in [-0.2, -0.15) is 0 Å². The lowest BCUT2D eigenvalue weighted by molar-refractivity contribution is -0.124. The minimum Gasteiger partial charge on any atom is -0.477 e. The van der Waals surface area contributed by atoms with E-state index in [9.17, 15) is 24.3 Å². The summed E-state index contributed by atoms with van der Waals surface area (Å²) in [5.41, 5.74) is -1.13. The molecule has 0 spiro atoms. The fourth-order valence-electron chi connectivity index (χ4n) is 6.04. The van der Waals surface area contributed by atoms with E-state index in [1.54, 1.807) is 20.8 Å². The number of hydrogen-bond acceptors (Lipinski definition) is 7. The van der Waals surface area contributed by atoms with Crippen LogP contribution in [-0.2, 0) is 14.3 Å². The van der Waals surface area contributed by atoms with E-state index in [1.165, 1.54) is 0 Å². The third kappa shape index (κ3) is 8.02. The van der Waals surface area contributed by atoms with Gasteiger partial charge in [0.1, 0.15) is 16.1 Å². The van der Waals surface area contributed by atoms with Gasteiger partial charge in [-0.05, 0) is 71.8 Å². The number of amides is 3. The molecule has 2 aliphatic heterocycles. The number of hydrogen-bond donors (Lipinski definition) is 1. The second kappa shape index (κ2) is 13.2. The van der Waals surface area contributed by atoms with Crippen molar-refractivity contribution in [1.29, 1.82) is 0 Å². The van der Waals surface area contributed by atoms with E-state index in [0.717, 1.165) is 37.0 Å². The van der Waals surface area contributed by atoms with Gasteiger partial charge in [0.2, 0.25) is 5.91 Å². The van der Waals surface area contributed by atoms with Crippen LogP contribution in [0.25, 0.3) is 0 Å². The van der Waals surface area contributed by atoms with E-state index in [4.69, 9.17) is 9.47 Å². The third-order valence-electron chi connectivity index (χ3n) is 8.37. The van der Waals surface area contributed by atoms with Crippen LogP contribution in [0.2, 0.25) is 0 Å². The number of ether oxygens (including phenoxy) is 2. The van der Waals surface area contributed by atoms with Gasteiger partial charge in [-0.1, -0.05) is 25.7 Å². The fraction of sp³-hybridized carbons (Fsp3) is 0.688. The number of aromatic carboxylic acids is 1. The van der Waals surface area contributed by atoms with Crippen LogP contribution in [0.1, 0.15) is 101 Å². The molecule has 10 nitrogen and oxygen atoms in total. The molecule has 0 aromatic carbocycles. The van der Waals surface area contributed by atoms with Gasteiger partial charge in [0, 0.05) is 38.4 Å². The van der Waals surface area contributed by atoms with Crippen molar-refractivity contribution in [2.45, 2.75) is 104 Å². The van der Waals surface area contributed by atoms with E-state index in [-0.39, 0.29) is 29.8 Å². The monoisotopic (exact) mass is 615 g/mol. The maximum Gasteiger partial charge on any atom is 0.410 e. The molecule has 11 heteroatoms. The lowest BCUT2D eigenvalue weighted by atomic mass is 9.82. The summed E-state index contributed by atoms with van der Waals surface area (Å²) in [7, 11) is 0. The summed E-state index contributed by atoms with van der Waals surface area (Å²) >= 11 is 1.08. The summed E-state index contributed by atoms with van der Waals surface area (Å²) in [5, 5.41) is 10.1. The summed E-state index contributed by atoms with van der Waals surface area (Å²) in [6.07, 6.45) is 4.10. The molecule has 3 heterocycles. The van der Waals surface area contributed by atoms with Crippen molar-refractivity contribution in [3.63, 3.8) is 0 Å². The Hall–Kier alpha value is -3.26. The maximum absolute atomic E-state index is 14.1. The highest BCUT2D eigenvalue weighted by atomic mass is 32.1. The van der Waals surface area contributed by atoms with Crippen molar-refractivity contribution in [3.8, 4) is 11.8 Å². The number of thiophene rings is 1. The van der Waals surface area contributed by atoms with E-state index in [0.29, 0.717) is 48.8 Å². The van der Waals surface area contributed by atoms with Gasteiger partial charge in [0.15, 0.2) is 0 Å². The molecule has 236 valence electrons. The SMILES string of the molecule is CCC#Cc1cc(N(C(=O)[C@H]2CC[C@H](C)CC2)[C@H]2CCN(C(=O)OC3(C)CCN(C(=O)OC(C)(C)C)C3)C2)c(C(=O)O)s1. The zero-order valence-electron chi connectivity index (χ0n) is 26.2. The first-order valence-electron chi connectivity index (χ1n) is 15.3. The Morgan fingerprint density at radius 1 is 1.09 bits per heavy atom. The van der Waals surface area contributed by atoms with Gasteiger partial charge >= 0.3 is 18.2 Å². The van der Waals surface area contributed by atoms with Crippen LogP contribution in [0.5, 0.6) is 0 Å². The van der Waals surface area contributed by atoms with Gasteiger partial charge < -0.3 is 29.3 Å². The Balaban J connectivity index is 1.52. The zero-order valence-corrected chi connectivity index (χ0v) is 27.1. The first kappa shape index (κ1) is 32.6. The number of carboxylic acids is 1. The van der Waals surface area contributed by atoms with E-state index in [2.05, 4.69) is 18.8 Å². The molecule has 1 aliphatic carbocycles. The number of likely N-dealkylation sites (tertiary alicyclic amines) is 2. The van der Waals surface area contributed by atoms with Crippen LogP contribution in [0.3, 0.4) is 0 Å². The van der Waals surface area contributed by atoms with E-state index in [1.807, 2.05) is 34.6 Å². The van der Waals surface area contributed by atoms with Crippen molar-refractivity contribution >= 4 is 41.1 Å². The van der Waals surface area contributed by atoms with E-state index >= 15 is 0 Å². The molecule has 2 saturated heterocycles. The number of rotatable bonds is 5. The second-order valence-corrected chi connectivity index (χ2v) is 14.4. The molecule has 1 aromatic heterocycles. The predicted molar refractivity (Wildman–Crippen MR) is 164 cm³/mol. The molecule has 1 aromatic rings. The minimum atomic E-state index is -1.10. The van der Waals surface area contributed by atoms with Crippen molar-refractivity contribution < 1.29 is 33.8 Å². The number of carboxylic acid groups (broad SMARTS) is 1. The highest BCUT2D eigenvalue weighted by Gasteiger charge is 2.44. The van der Waals surface area contributed by atoms with Crippen LogP contribution in [0.4, 0.5) is 15.3 Å². The lowest BCUT2D eigenvalue weighted by Gasteiger charge is -2.35. The first-order chi connectivity index (χ1) is 20.2. The topological polar surface area (TPSA) is 117 Å². The van der Waals surface area contributed by atoms with Crippen molar-refractivity contribution in [2.24, 2.45) is 11.8 Å². The largest absolute Gasteiger partial charge is 0.477 e. The highest BCUT2D eigenvalue weighted by molar-refractivity contribution is 7.15. The Morgan fingerprint density at radius 2 is 1.79 bits per heavy atom. The molecule has 3 aliphatic rings. The first-order valence-corrected chi connectivity index (χ1v) is 16.2. The van der Waals surface area contributed by atoms with Gasteiger partial charge in [-0.25, -0.2) is 14.4 Å². The second-order valence-electron chi connectivity index (χ2n) is 13.3. The lowest BCUT2D eigenvalue weighted by Crippen LogP contribution is -2.47. The maximum atomic E-state index is 14.1. The molecule has 3 fully saturated rings. The molecule has 4 rings (SSSR count). The Morgan fingerprint density at radius 3 is 2.42 bits per heavy atom. The average Bonchev–Trinajstić information content (AvgIpc) is 3.66. The Kier molecular flexibility index (Phi) is 10.00. The average molecular weight is 616 g/mol. The molecule has 3 amide bonds. The summed E-state index contributed by atoms with van der Waals surface area (Å²) < 4.78 is 11.4. The van der Waals surface area contributed by atoms with Crippen LogP contribution in [0, 0.1) is 23.7 Å². The van der Waals surface area contributed by atoms with Crippen LogP contribution in [0.15, 0.2) is 6.07 Å². The molecule has 1 N–H and O–H groups in total. The summed E-state index contributed by atoms with van der Waals surface area (Å²) in [6.45, 7) is 12.6. The molecule has 43 heavy (non-hydrogen) atoms.